The summed E-state index contributed by atoms with van der Waals surface area (Å²) >= 11 is 12.0. The number of hydroxylamine groups is 1. The first-order valence-electron chi connectivity index (χ1n) is 10.5. The number of benzene rings is 1. The zero-order valence-electron chi connectivity index (χ0n) is 17.6. The number of hydrogen-bond acceptors (Lipinski definition) is 4. The summed E-state index contributed by atoms with van der Waals surface area (Å²) in [7, 11) is 0. The van der Waals surface area contributed by atoms with Gasteiger partial charge in [-0.15, -0.1) is 0 Å². The Labute approximate surface area is 192 Å². The minimum Gasteiger partial charge on any atom is -0.338 e. The predicted molar refractivity (Wildman–Crippen MR) is 120 cm³/mol. The van der Waals surface area contributed by atoms with Crippen molar-refractivity contribution >= 4 is 46.7 Å². The van der Waals surface area contributed by atoms with Crippen LogP contribution in [0.1, 0.15) is 45.4 Å². The van der Waals surface area contributed by atoms with E-state index in [0.29, 0.717) is 41.2 Å². The number of anilines is 1. The number of rotatable bonds is 10. The van der Waals surface area contributed by atoms with Crippen molar-refractivity contribution in [3.8, 4) is 0 Å². The normalized spacial score (nSPS) is 14.7. The van der Waals surface area contributed by atoms with Gasteiger partial charge in [0.2, 0.25) is 5.91 Å². The highest BCUT2D eigenvalue weighted by molar-refractivity contribution is 6.35. The van der Waals surface area contributed by atoms with Crippen LogP contribution < -0.4 is 16.1 Å². The summed E-state index contributed by atoms with van der Waals surface area (Å²) in [6, 6.07) is 4.38. The Kier molecular flexibility index (Phi) is 10.4. The Morgan fingerprint density at radius 1 is 1.23 bits per heavy atom. The zero-order valence-corrected chi connectivity index (χ0v) is 19.1. The molecule has 172 valence electrons. The Balaban J connectivity index is 1.77. The average Bonchev–Trinajstić information content (AvgIpc) is 3.25. The maximum absolute atomic E-state index is 12.7. The maximum Gasteiger partial charge on any atom is 0.319 e. The van der Waals surface area contributed by atoms with Crippen LogP contribution in [0.25, 0.3) is 0 Å². The van der Waals surface area contributed by atoms with Gasteiger partial charge in [-0.1, -0.05) is 43.0 Å². The molecule has 8 nitrogen and oxygen atoms in total. The van der Waals surface area contributed by atoms with Crippen LogP contribution in [-0.4, -0.2) is 47.6 Å². The Morgan fingerprint density at radius 3 is 2.61 bits per heavy atom. The number of amides is 4. The fourth-order valence-corrected chi connectivity index (χ4v) is 3.96. The van der Waals surface area contributed by atoms with E-state index in [0.717, 1.165) is 25.7 Å². The molecule has 0 saturated heterocycles. The largest absolute Gasteiger partial charge is 0.338 e. The van der Waals surface area contributed by atoms with Gasteiger partial charge in [0.1, 0.15) is 6.54 Å². The van der Waals surface area contributed by atoms with Crippen LogP contribution in [0.3, 0.4) is 0 Å². The molecule has 0 heterocycles. The molecule has 10 heteroatoms. The monoisotopic (exact) mass is 472 g/mol. The predicted octanol–water partition coefficient (Wildman–Crippen LogP) is 4.06. The van der Waals surface area contributed by atoms with Gasteiger partial charge < -0.3 is 15.5 Å². The quantitative estimate of drug-likeness (QED) is 0.304. The van der Waals surface area contributed by atoms with E-state index >= 15 is 0 Å². The third kappa shape index (κ3) is 8.93. The molecular weight excluding hydrogens is 443 g/mol. The highest BCUT2D eigenvalue weighted by Gasteiger charge is 2.24. The van der Waals surface area contributed by atoms with Gasteiger partial charge in [0.05, 0.1) is 10.7 Å². The fourth-order valence-electron chi connectivity index (χ4n) is 3.62. The van der Waals surface area contributed by atoms with E-state index in [1.165, 1.54) is 4.90 Å². The van der Waals surface area contributed by atoms with Gasteiger partial charge in [-0.25, -0.2) is 10.3 Å². The second kappa shape index (κ2) is 12.7. The average molecular weight is 473 g/mol. The van der Waals surface area contributed by atoms with E-state index in [9.17, 15) is 14.4 Å². The number of urea groups is 1. The molecule has 1 saturated carbocycles. The first-order valence-corrected chi connectivity index (χ1v) is 11.2. The number of halogens is 2. The lowest BCUT2D eigenvalue weighted by molar-refractivity contribution is -0.140. The molecule has 2 rings (SSSR count). The molecule has 31 heavy (non-hydrogen) atoms. The van der Waals surface area contributed by atoms with E-state index in [4.69, 9.17) is 28.4 Å². The summed E-state index contributed by atoms with van der Waals surface area (Å²) in [6.45, 7) is 2.68. The molecule has 4 N–H and O–H groups in total. The zero-order chi connectivity index (χ0) is 22.8. The summed E-state index contributed by atoms with van der Waals surface area (Å²) in [6.07, 6.45) is 5.20. The van der Waals surface area contributed by atoms with Gasteiger partial charge in [-0.05, 0) is 49.3 Å². The molecule has 4 amide bonds. The standard InChI is InChI=1S/C21H30Cl2N4O4/c1-14(11-24-21(30)25-18-10-16(22)7-8-17(18)23)6-9-20(29)27(13-19(28)26-31)12-15-4-2-3-5-15/h7-8,10,14-15,31H,2-6,9,11-13H2,1H3,(H,26,28)(H2,24,25,30)/t14-/m0/s1. The molecular formula is C21H30Cl2N4O4. The molecule has 0 aliphatic heterocycles. The molecule has 0 spiro atoms. The van der Waals surface area contributed by atoms with Gasteiger partial charge in [-0.2, -0.15) is 0 Å². The van der Waals surface area contributed by atoms with Crippen molar-refractivity contribution in [2.75, 3.05) is 25.0 Å². The second-order valence-electron chi connectivity index (χ2n) is 8.06. The van der Waals surface area contributed by atoms with Gasteiger partial charge in [0.25, 0.3) is 5.91 Å². The lowest BCUT2D eigenvalue weighted by Crippen LogP contribution is -2.42. The maximum atomic E-state index is 12.7. The molecule has 1 aromatic carbocycles. The highest BCUT2D eigenvalue weighted by Crippen LogP contribution is 2.26. The summed E-state index contributed by atoms with van der Waals surface area (Å²) in [5.41, 5.74) is 2.01. The molecule has 1 aromatic rings. The summed E-state index contributed by atoms with van der Waals surface area (Å²) in [4.78, 5) is 37.9. The number of carbonyl (C=O) groups excluding carboxylic acids is 3. The number of nitrogens with one attached hydrogen (secondary N) is 3. The van der Waals surface area contributed by atoms with E-state index in [-0.39, 0.29) is 24.8 Å². The fraction of sp³-hybridized carbons (Fsp3) is 0.571. The number of carbonyl (C=O) groups is 3. The van der Waals surface area contributed by atoms with Gasteiger partial charge in [-0.3, -0.25) is 14.8 Å². The Morgan fingerprint density at radius 2 is 1.94 bits per heavy atom. The molecule has 1 fully saturated rings. The van der Waals surface area contributed by atoms with Crippen molar-refractivity contribution < 1.29 is 19.6 Å². The lowest BCUT2D eigenvalue weighted by atomic mass is 10.0. The molecule has 0 bridgehead atoms. The minimum absolute atomic E-state index is 0.0459. The molecule has 0 unspecified atom stereocenters. The van der Waals surface area contributed by atoms with Gasteiger partial charge >= 0.3 is 6.03 Å². The topological polar surface area (TPSA) is 111 Å². The Bertz CT molecular complexity index is 772. The van der Waals surface area contributed by atoms with Crippen LogP contribution in [0.5, 0.6) is 0 Å². The molecule has 1 atom stereocenters. The van der Waals surface area contributed by atoms with E-state index in [1.54, 1.807) is 23.7 Å². The second-order valence-corrected chi connectivity index (χ2v) is 8.91. The first-order chi connectivity index (χ1) is 14.8. The lowest BCUT2D eigenvalue weighted by Gasteiger charge is -2.25. The van der Waals surface area contributed by atoms with Gasteiger partial charge in [0.15, 0.2) is 0 Å². The third-order valence-corrected chi connectivity index (χ3v) is 5.97. The van der Waals surface area contributed by atoms with Crippen LogP contribution in [0.15, 0.2) is 18.2 Å². The minimum atomic E-state index is -0.600. The number of hydrogen-bond donors (Lipinski definition) is 4. The van der Waals surface area contributed by atoms with E-state index in [1.807, 2.05) is 6.92 Å². The molecule has 1 aliphatic carbocycles. The van der Waals surface area contributed by atoms with Crippen molar-refractivity contribution in [3.63, 3.8) is 0 Å². The van der Waals surface area contributed by atoms with E-state index in [2.05, 4.69) is 10.6 Å². The van der Waals surface area contributed by atoms with Crippen LogP contribution >= 0.6 is 23.2 Å². The van der Waals surface area contributed by atoms with Crippen molar-refractivity contribution in [2.24, 2.45) is 11.8 Å². The van der Waals surface area contributed by atoms with E-state index < -0.39 is 11.9 Å². The SMILES string of the molecule is C[C@@H](CCC(=O)N(CC(=O)NO)CC1CCCC1)CNC(=O)Nc1cc(Cl)ccc1Cl. The Hall–Kier alpha value is -2.03. The van der Waals surface area contributed by atoms with Crippen molar-refractivity contribution in [1.29, 1.82) is 0 Å². The van der Waals surface area contributed by atoms with Crippen molar-refractivity contribution in [1.82, 2.24) is 15.7 Å². The van der Waals surface area contributed by atoms with Crippen molar-refractivity contribution in [3.05, 3.63) is 28.2 Å². The molecule has 0 aromatic heterocycles. The highest BCUT2D eigenvalue weighted by atomic mass is 35.5. The summed E-state index contributed by atoms with van der Waals surface area (Å²) in [5.74, 6) is -0.281. The summed E-state index contributed by atoms with van der Waals surface area (Å²) in [5, 5.41) is 15.1. The van der Waals surface area contributed by atoms with Crippen LogP contribution in [0, 0.1) is 11.8 Å². The van der Waals surface area contributed by atoms with Crippen LogP contribution in [0.2, 0.25) is 10.0 Å². The van der Waals surface area contributed by atoms with Crippen LogP contribution in [-0.2, 0) is 9.59 Å². The van der Waals surface area contributed by atoms with Crippen molar-refractivity contribution in [2.45, 2.75) is 45.4 Å². The smallest absolute Gasteiger partial charge is 0.319 e. The van der Waals surface area contributed by atoms with Gasteiger partial charge in [0, 0.05) is 24.5 Å². The first kappa shape index (κ1) is 25.2. The number of nitrogens with zero attached hydrogens (tertiary/aromatic N) is 1. The third-order valence-electron chi connectivity index (χ3n) is 5.40. The summed E-state index contributed by atoms with van der Waals surface area (Å²) < 4.78 is 0. The van der Waals surface area contributed by atoms with Crippen LogP contribution in [0.4, 0.5) is 10.5 Å². The molecule has 1 aliphatic rings. The molecule has 0 radical (unpaired) electrons.